The van der Waals surface area contributed by atoms with Crippen molar-refractivity contribution in [2.24, 2.45) is 0 Å². The molecule has 0 heterocycles. The first-order chi connectivity index (χ1) is 11.8. The van der Waals surface area contributed by atoms with Gasteiger partial charge in [-0.25, -0.2) is 4.79 Å². The van der Waals surface area contributed by atoms with Crippen LogP contribution in [0.15, 0.2) is 48.5 Å². The van der Waals surface area contributed by atoms with Crippen molar-refractivity contribution < 1.29 is 32.5 Å². The van der Waals surface area contributed by atoms with E-state index in [1.807, 2.05) is 0 Å². The Morgan fingerprint density at radius 3 is 2.56 bits per heavy atom. The third-order valence-corrected chi connectivity index (χ3v) is 3.25. The Morgan fingerprint density at radius 1 is 1.16 bits per heavy atom. The quantitative estimate of drug-likeness (QED) is 0.784. The minimum Gasteiger partial charge on any atom is -0.493 e. The Labute approximate surface area is 142 Å². The topological polar surface area (TPSA) is 55.8 Å². The average molecular weight is 352 g/mol. The lowest BCUT2D eigenvalue weighted by atomic mass is 10.1. The van der Waals surface area contributed by atoms with Crippen molar-refractivity contribution in [3.05, 3.63) is 65.2 Å². The van der Waals surface area contributed by atoms with Crippen LogP contribution in [0.5, 0.6) is 11.5 Å². The standard InChI is InChI=1S/C18H15F3O4/c1-24-16-10-12(6-8-17(22)23)5-7-15(16)25-11-13-3-2-4-14(9-13)18(19,20)21/h2-10H,11H2,1H3,(H,22,23). The van der Waals surface area contributed by atoms with E-state index in [1.54, 1.807) is 18.2 Å². The molecule has 0 aliphatic rings. The van der Waals surface area contributed by atoms with E-state index in [2.05, 4.69) is 0 Å². The Bertz CT molecular complexity index is 782. The van der Waals surface area contributed by atoms with Gasteiger partial charge in [0.1, 0.15) is 6.61 Å². The third kappa shape index (κ3) is 5.27. The largest absolute Gasteiger partial charge is 0.493 e. The van der Waals surface area contributed by atoms with E-state index >= 15 is 0 Å². The molecule has 2 aromatic rings. The smallest absolute Gasteiger partial charge is 0.416 e. The number of methoxy groups -OCH3 is 1. The van der Waals surface area contributed by atoms with Crippen LogP contribution >= 0.6 is 0 Å². The minimum absolute atomic E-state index is 0.0649. The van der Waals surface area contributed by atoms with Crippen LogP contribution in [0.25, 0.3) is 6.08 Å². The molecule has 0 radical (unpaired) electrons. The molecule has 7 heteroatoms. The molecule has 0 amide bonds. The number of hydrogen-bond acceptors (Lipinski definition) is 3. The summed E-state index contributed by atoms with van der Waals surface area (Å²) in [5.74, 6) is -0.393. The van der Waals surface area contributed by atoms with Gasteiger partial charge in [-0.05, 0) is 41.5 Å². The maximum absolute atomic E-state index is 12.7. The number of carboxylic acid groups (broad SMARTS) is 1. The number of rotatable bonds is 6. The molecule has 25 heavy (non-hydrogen) atoms. The second-order valence-corrected chi connectivity index (χ2v) is 5.07. The second-order valence-electron chi connectivity index (χ2n) is 5.07. The highest BCUT2D eigenvalue weighted by atomic mass is 19.4. The lowest BCUT2D eigenvalue weighted by Crippen LogP contribution is -2.06. The summed E-state index contributed by atoms with van der Waals surface area (Å²) in [6, 6.07) is 9.62. The third-order valence-electron chi connectivity index (χ3n) is 3.25. The molecule has 0 bridgehead atoms. The Balaban J connectivity index is 2.14. The van der Waals surface area contributed by atoms with Crippen LogP contribution in [0.3, 0.4) is 0 Å². The molecule has 0 aliphatic carbocycles. The number of halogens is 3. The van der Waals surface area contributed by atoms with Gasteiger partial charge in [-0.3, -0.25) is 0 Å². The van der Waals surface area contributed by atoms with E-state index in [0.29, 0.717) is 22.6 Å². The van der Waals surface area contributed by atoms with E-state index < -0.39 is 17.7 Å². The molecule has 1 N–H and O–H groups in total. The monoisotopic (exact) mass is 352 g/mol. The summed E-state index contributed by atoms with van der Waals surface area (Å²) in [6.07, 6.45) is -2.04. The summed E-state index contributed by atoms with van der Waals surface area (Å²) in [5, 5.41) is 8.62. The van der Waals surface area contributed by atoms with E-state index in [9.17, 15) is 18.0 Å². The fourth-order valence-electron chi connectivity index (χ4n) is 2.07. The first-order valence-electron chi connectivity index (χ1n) is 7.17. The average Bonchev–Trinajstić information content (AvgIpc) is 2.58. The van der Waals surface area contributed by atoms with Gasteiger partial charge in [0, 0.05) is 6.08 Å². The van der Waals surface area contributed by atoms with E-state index in [4.69, 9.17) is 14.6 Å². The summed E-state index contributed by atoms with van der Waals surface area (Å²) in [6.45, 7) is -0.0649. The maximum atomic E-state index is 12.7. The first kappa shape index (κ1) is 18.4. The zero-order valence-electron chi connectivity index (χ0n) is 13.2. The fraction of sp³-hybridized carbons (Fsp3) is 0.167. The minimum atomic E-state index is -4.41. The summed E-state index contributed by atoms with van der Waals surface area (Å²) in [7, 11) is 1.41. The number of benzene rings is 2. The number of carboxylic acids is 1. The van der Waals surface area contributed by atoms with Gasteiger partial charge in [0.25, 0.3) is 0 Å². The van der Waals surface area contributed by atoms with Crippen molar-refractivity contribution in [2.45, 2.75) is 12.8 Å². The van der Waals surface area contributed by atoms with Gasteiger partial charge in [0.2, 0.25) is 0 Å². The molecule has 132 valence electrons. The molecule has 0 aromatic heterocycles. The predicted octanol–water partition coefficient (Wildman–Crippen LogP) is 4.39. The SMILES string of the molecule is COc1cc(C=CC(=O)O)ccc1OCc1cccc(C(F)(F)F)c1. The Hall–Kier alpha value is -2.96. The number of ether oxygens (including phenoxy) is 2. The highest BCUT2D eigenvalue weighted by Gasteiger charge is 2.30. The molecule has 0 unspecified atom stereocenters. The zero-order chi connectivity index (χ0) is 18.4. The van der Waals surface area contributed by atoms with Crippen LogP contribution in [0.4, 0.5) is 13.2 Å². The van der Waals surface area contributed by atoms with E-state index in [1.165, 1.54) is 25.3 Å². The molecule has 0 aliphatic heterocycles. The van der Waals surface area contributed by atoms with Crippen molar-refractivity contribution in [2.75, 3.05) is 7.11 Å². The van der Waals surface area contributed by atoms with Gasteiger partial charge in [-0.1, -0.05) is 18.2 Å². The van der Waals surface area contributed by atoms with Gasteiger partial charge in [-0.15, -0.1) is 0 Å². The predicted molar refractivity (Wildman–Crippen MR) is 85.4 cm³/mol. The maximum Gasteiger partial charge on any atom is 0.416 e. The molecule has 4 nitrogen and oxygen atoms in total. The molecular weight excluding hydrogens is 337 g/mol. The van der Waals surface area contributed by atoms with Crippen molar-refractivity contribution >= 4 is 12.0 Å². The van der Waals surface area contributed by atoms with Crippen molar-refractivity contribution in [3.8, 4) is 11.5 Å². The van der Waals surface area contributed by atoms with Crippen molar-refractivity contribution in [3.63, 3.8) is 0 Å². The van der Waals surface area contributed by atoms with Gasteiger partial charge >= 0.3 is 12.1 Å². The number of alkyl halides is 3. The number of carbonyl (C=O) groups is 1. The van der Waals surface area contributed by atoms with Gasteiger partial charge in [0.05, 0.1) is 12.7 Å². The second kappa shape index (κ2) is 7.74. The van der Waals surface area contributed by atoms with Crippen LogP contribution < -0.4 is 9.47 Å². The highest BCUT2D eigenvalue weighted by molar-refractivity contribution is 5.85. The fourth-order valence-corrected chi connectivity index (χ4v) is 2.07. The Morgan fingerprint density at radius 2 is 1.92 bits per heavy atom. The normalized spacial score (nSPS) is 11.5. The summed E-state index contributed by atoms with van der Waals surface area (Å²) >= 11 is 0. The van der Waals surface area contributed by atoms with Crippen LogP contribution in [0.2, 0.25) is 0 Å². The summed E-state index contributed by atoms with van der Waals surface area (Å²) in [5.41, 5.74) is 0.215. The van der Waals surface area contributed by atoms with Crippen molar-refractivity contribution in [1.29, 1.82) is 0 Å². The molecule has 0 spiro atoms. The van der Waals surface area contributed by atoms with Gasteiger partial charge in [0.15, 0.2) is 11.5 Å². The molecule has 0 saturated carbocycles. The van der Waals surface area contributed by atoms with Crippen LogP contribution in [0.1, 0.15) is 16.7 Å². The number of aliphatic carboxylic acids is 1. The molecule has 0 fully saturated rings. The van der Waals surface area contributed by atoms with E-state index in [0.717, 1.165) is 18.2 Å². The van der Waals surface area contributed by atoms with Crippen molar-refractivity contribution in [1.82, 2.24) is 0 Å². The van der Waals surface area contributed by atoms with Gasteiger partial charge in [-0.2, -0.15) is 13.2 Å². The molecule has 0 atom stereocenters. The van der Waals surface area contributed by atoms with Gasteiger partial charge < -0.3 is 14.6 Å². The molecule has 2 aromatic carbocycles. The molecule has 2 rings (SSSR count). The molecular formula is C18H15F3O4. The highest BCUT2D eigenvalue weighted by Crippen LogP contribution is 2.31. The Kier molecular flexibility index (Phi) is 5.69. The first-order valence-corrected chi connectivity index (χ1v) is 7.17. The number of hydrogen-bond donors (Lipinski definition) is 1. The van der Waals surface area contributed by atoms with Crippen LogP contribution in [-0.4, -0.2) is 18.2 Å². The lowest BCUT2D eigenvalue weighted by molar-refractivity contribution is -0.137. The van der Waals surface area contributed by atoms with Crippen LogP contribution in [0, 0.1) is 0 Å². The summed E-state index contributed by atoms with van der Waals surface area (Å²) in [4.78, 5) is 10.5. The molecule has 0 saturated heterocycles. The van der Waals surface area contributed by atoms with E-state index in [-0.39, 0.29) is 6.61 Å². The van der Waals surface area contributed by atoms with Crippen LogP contribution in [-0.2, 0) is 17.6 Å². The zero-order valence-corrected chi connectivity index (χ0v) is 13.2. The summed E-state index contributed by atoms with van der Waals surface area (Å²) < 4.78 is 48.8. The lowest BCUT2D eigenvalue weighted by Gasteiger charge is -2.13.